The predicted octanol–water partition coefficient (Wildman–Crippen LogP) is 3.62. The molecule has 0 radical (unpaired) electrons. The van der Waals surface area contributed by atoms with Crippen molar-refractivity contribution in [2.45, 2.75) is 38.9 Å². The number of nitrogens with one attached hydrogen (secondary N) is 2. The van der Waals surface area contributed by atoms with Gasteiger partial charge in [0.2, 0.25) is 0 Å². The summed E-state index contributed by atoms with van der Waals surface area (Å²) in [5, 5.41) is 6.98. The third kappa shape index (κ3) is 7.70. The second kappa shape index (κ2) is 13.9. The van der Waals surface area contributed by atoms with E-state index in [-0.39, 0.29) is 30.0 Å². The maximum atomic E-state index is 5.76. The van der Waals surface area contributed by atoms with Gasteiger partial charge in [-0.1, -0.05) is 24.3 Å². The highest BCUT2D eigenvalue weighted by atomic mass is 127. The number of benzene rings is 1. The van der Waals surface area contributed by atoms with Crippen LogP contribution >= 0.6 is 24.0 Å². The van der Waals surface area contributed by atoms with Crippen LogP contribution in [0.2, 0.25) is 0 Å². The number of aliphatic imine (C=N–C) groups is 1. The lowest BCUT2D eigenvalue weighted by Gasteiger charge is -2.27. The third-order valence-corrected chi connectivity index (χ3v) is 6.28. The molecular formula is C25H38IN5O2. The van der Waals surface area contributed by atoms with Gasteiger partial charge in [0.15, 0.2) is 5.96 Å². The van der Waals surface area contributed by atoms with Gasteiger partial charge in [0.25, 0.3) is 0 Å². The third-order valence-electron chi connectivity index (χ3n) is 6.28. The summed E-state index contributed by atoms with van der Waals surface area (Å²) in [6.45, 7) is 11.2. The van der Waals surface area contributed by atoms with Crippen molar-refractivity contribution in [3.8, 4) is 0 Å². The van der Waals surface area contributed by atoms with Crippen molar-refractivity contribution < 1.29 is 9.15 Å². The highest BCUT2D eigenvalue weighted by molar-refractivity contribution is 14.0. The van der Waals surface area contributed by atoms with Gasteiger partial charge in [-0.3, -0.25) is 9.80 Å². The van der Waals surface area contributed by atoms with Crippen molar-refractivity contribution in [2.24, 2.45) is 4.99 Å². The minimum atomic E-state index is 0. The lowest BCUT2D eigenvalue weighted by atomic mass is 10.1. The maximum absolute atomic E-state index is 5.76. The number of hydrogen-bond acceptors (Lipinski definition) is 5. The second-order valence-corrected chi connectivity index (χ2v) is 8.51. The molecule has 2 N–H and O–H groups in total. The normalized spacial score (nSPS) is 18.6. The number of nitrogens with zero attached hydrogens (tertiary/aromatic N) is 3. The van der Waals surface area contributed by atoms with Gasteiger partial charge in [0, 0.05) is 32.7 Å². The molecule has 4 rings (SSSR count). The predicted molar refractivity (Wildman–Crippen MR) is 143 cm³/mol. The Morgan fingerprint density at radius 1 is 1.00 bits per heavy atom. The molecule has 8 heteroatoms. The molecule has 7 nitrogen and oxygen atoms in total. The topological polar surface area (TPSA) is 65.3 Å². The van der Waals surface area contributed by atoms with E-state index in [0.717, 1.165) is 70.7 Å². The second-order valence-electron chi connectivity index (χ2n) is 8.51. The molecule has 2 aliphatic rings. The van der Waals surface area contributed by atoms with Crippen LogP contribution in [0.5, 0.6) is 0 Å². The number of likely N-dealkylation sites (tertiary alicyclic amines) is 1. The smallest absolute Gasteiger partial charge is 0.191 e. The Hall–Kier alpha value is -1.62. The summed E-state index contributed by atoms with van der Waals surface area (Å²) in [5.74, 6) is 1.87. The summed E-state index contributed by atoms with van der Waals surface area (Å²) in [5.41, 5.74) is 2.62. The van der Waals surface area contributed by atoms with Crippen molar-refractivity contribution >= 4 is 29.9 Å². The molecule has 33 heavy (non-hydrogen) atoms. The van der Waals surface area contributed by atoms with E-state index in [4.69, 9.17) is 14.1 Å². The van der Waals surface area contributed by atoms with Gasteiger partial charge in [-0.15, -0.1) is 24.0 Å². The van der Waals surface area contributed by atoms with Crippen LogP contribution in [0.15, 0.2) is 52.1 Å². The van der Waals surface area contributed by atoms with E-state index < -0.39 is 0 Å². The molecule has 0 aliphatic carbocycles. The summed E-state index contributed by atoms with van der Waals surface area (Å²) in [7, 11) is 0. The van der Waals surface area contributed by atoms with Crippen LogP contribution in [0.25, 0.3) is 0 Å². The van der Waals surface area contributed by atoms with E-state index in [1.54, 1.807) is 6.26 Å². The van der Waals surface area contributed by atoms with E-state index >= 15 is 0 Å². The minimum Gasteiger partial charge on any atom is -0.468 e. The largest absolute Gasteiger partial charge is 0.468 e. The molecule has 0 bridgehead atoms. The SMILES string of the molecule is CCNC(=NCc1ccccc1CN1CCOCC1)NCC(c1ccco1)N1CCCC1.I. The van der Waals surface area contributed by atoms with E-state index in [2.05, 4.69) is 57.7 Å². The number of guanidine groups is 1. The van der Waals surface area contributed by atoms with E-state index in [1.165, 1.54) is 24.0 Å². The lowest BCUT2D eigenvalue weighted by molar-refractivity contribution is 0.0341. The van der Waals surface area contributed by atoms with Gasteiger partial charge in [0.05, 0.1) is 32.1 Å². The molecule has 1 unspecified atom stereocenters. The Morgan fingerprint density at radius 2 is 1.76 bits per heavy atom. The van der Waals surface area contributed by atoms with Crippen LogP contribution in [0, 0.1) is 0 Å². The molecule has 0 saturated carbocycles. The lowest BCUT2D eigenvalue weighted by Crippen LogP contribution is -2.42. The molecule has 1 aromatic heterocycles. The molecule has 2 aromatic rings. The minimum absolute atomic E-state index is 0. The Labute approximate surface area is 215 Å². The summed E-state index contributed by atoms with van der Waals surface area (Å²) in [6.07, 6.45) is 4.28. The molecule has 3 heterocycles. The van der Waals surface area contributed by atoms with Gasteiger partial charge in [0.1, 0.15) is 5.76 Å². The number of halogens is 1. The first-order chi connectivity index (χ1) is 15.8. The van der Waals surface area contributed by atoms with Crippen molar-refractivity contribution in [2.75, 3.05) is 52.5 Å². The monoisotopic (exact) mass is 567 g/mol. The average Bonchev–Trinajstić information content (AvgIpc) is 3.54. The fourth-order valence-corrected chi connectivity index (χ4v) is 4.51. The van der Waals surface area contributed by atoms with Gasteiger partial charge >= 0.3 is 0 Å². The van der Waals surface area contributed by atoms with Crippen molar-refractivity contribution in [1.29, 1.82) is 0 Å². The molecular weight excluding hydrogens is 529 g/mol. The van der Waals surface area contributed by atoms with Crippen LogP contribution in [0.4, 0.5) is 0 Å². The molecule has 2 saturated heterocycles. The first kappa shape index (κ1) is 26.0. The number of furan rings is 1. The van der Waals surface area contributed by atoms with Gasteiger partial charge < -0.3 is 19.8 Å². The van der Waals surface area contributed by atoms with E-state index in [9.17, 15) is 0 Å². The summed E-state index contributed by atoms with van der Waals surface area (Å²) >= 11 is 0. The van der Waals surface area contributed by atoms with Crippen LogP contribution in [-0.2, 0) is 17.8 Å². The van der Waals surface area contributed by atoms with Crippen LogP contribution in [-0.4, -0.2) is 68.2 Å². The Morgan fingerprint density at radius 3 is 2.45 bits per heavy atom. The number of morpholine rings is 1. The number of rotatable bonds is 9. The van der Waals surface area contributed by atoms with E-state index in [1.807, 2.05) is 6.07 Å². The first-order valence-corrected chi connectivity index (χ1v) is 12.0. The number of ether oxygens (including phenoxy) is 1. The van der Waals surface area contributed by atoms with Gasteiger partial charge in [-0.2, -0.15) is 0 Å². The fourth-order valence-electron chi connectivity index (χ4n) is 4.51. The molecule has 1 aromatic carbocycles. The standard InChI is InChI=1S/C25H37N5O2.HI/c1-2-26-25(28-19-23(24-10-7-15-32-24)30-11-5-6-12-30)27-18-21-8-3-4-9-22(21)20-29-13-16-31-17-14-29;/h3-4,7-10,15,23H,2,5-6,11-14,16-20H2,1H3,(H2,26,27,28);1H. The molecule has 2 aliphatic heterocycles. The van der Waals surface area contributed by atoms with Crippen molar-refractivity contribution in [1.82, 2.24) is 20.4 Å². The Kier molecular flexibility index (Phi) is 11.0. The highest BCUT2D eigenvalue weighted by Gasteiger charge is 2.25. The van der Waals surface area contributed by atoms with Gasteiger partial charge in [-0.05, 0) is 56.1 Å². The Bertz CT molecular complexity index is 833. The summed E-state index contributed by atoms with van der Waals surface area (Å²) in [6, 6.07) is 12.9. The molecule has 182 valence electrons. The van der Waals surface area contributed by atoms with Crippen molar-refractivity contribution in [3.63, 3.8) is 0 Å². The molecule has 0 amide bonds. The zero-order valence-electron chi connectivity index (χ0n) is 19.7. The molecule has 0 spiro atoms. The summed E-state index contributed by atoms with van der Waals surface area (Å²) < 4.78 is 11.3. The quantitative estimate of drug-likeness (QED) is 0.274. The molecule has 2 fully saturated rings. The number of hydrogen-bond donors (Lipinski definition) is 2. The van der Waals surface area contributed by atoms with Crippen molar-refractivity contribution in [3.05, 3.63) is 59.5 Å². The zero-order valence-corrected chi connectivity index (χ0v) is 22.0. The average molecular weight is 568 g/mol. The first-order valence-electron chi connectivity index (χ1n) is 12.0. The van der Waals surface area contributed by atoms with E-state index in [0.29, 0.717) is 6.54 Å². The Balaban J connectivity index is 0.00000306. The zero-order chi connectivity index (χ0) is 22.0. The highest BCUT2D eigenvalue weighted by Crippen LogP contribution is 2.24. The van der Waals surface area contributed by atoms with Crippen LogP contribution in [0.1, 0.15) is 42.7 Å². The molecule has 1 atom stereocenters. The van der Waals surface area contributed by atoms with Crippen LogP contribution in [0.3, 0.4) is 0 Å². The van der Waals surface area contributed by atoms with Gasteiger partial charge in [-0.25, -0.2) is 4.99 Å². The summed E-state index contributed by atoms with van der Waals surface area (Å²) in [4.78, 5) is 9.88. The fraction of sp³-hybridized carbons (Fsp3) is 0.560. The van der Waals surface area contributed by atoms with Crippen LogP contribution < -0.4 is 10.6 Å². The maximum Gasteiger partial charge on any atom is 0.191 e.